The molecule has 1 fully saturated rings. The van der Waals surface area contributed by atoms with Gasteiger partial charge in [-0.3, -0.25) is 4.79 Å². The topological polar surface area (TPSA) is 72.9 Å². The lowest BCUT2D eigenvalue weighted by Gasteiger charge is -2.16. The molecule has 0 saturated carbocycles. The zero-order valence-corrected chi connectivity index (χ0v) is 14.0. The van der Waals surface area contributed by atoms with Crippen LogP contribution in [-0.4, -0.2) is 28.0 Å². The summed E-state index contributed by atoms with van der Waals surface area (Å²) in [5, 5.41) is 0. The van der Waals surface area contributed by atoms with E-state index in [0.29, 0.717) is 24.4 Å². The Morgan fingerprint density at radius 1 is 0.958 bits per heavy atom. The van der Waals surface area contributed by atoms with Gasteiger partial charge in [0.05, 0.1) is 7.11 Å². The largest absolute Gasteiger partial charge is 0.497 e. The SMILES string of the molecule is COc1ccc(OS(=O)(=O)c2ccc(N3CCCC3=O)cc2)cc1. The number of benzene rings is 2. The van der Waals surface area contributed by atoms with Gasteiger partial charge in [-0.25, -0.2) is 0 Å². The first-order valence-corrected chi connectivity index (χ1v) is 8.89. The fourth-order valence-corrected chi connectivity index (χ4v) is 3.45. The summed E-state index contributed by atoms with van der Waals surface area (Å²) in [6, 6.07) is 12.4. The lowest BCUT2D eigenvalue weighted by atomic mass is 10.3. The van der Waals surface area contributed by atoms with Crippen LogP contribution >= 0.6 is 0 Å². The molecule has 0 N–H and O–H groups in total. The van der Waals surface area contributed by atoms with Gasteiger partial charge >= 0.3 is 10.1 Å². The van der Waals surface area contributed by atoms with Crippen molar-refractivity contribution in [2.24, 2.45) is 0 Å². The summed E-state index contributed by atoms with van der Waals surface area (Å²) in [7, 11) is -2.40. The predicted octanol–water partition coefficient (Wildman–Crippen LogP) is 2.59. The fourth-order valence-electron chi connectivity index (χ4n) is 2.52. The average Bonchev–Trinajstić information content (AvgIpc) is 3.01. The Bertz CT molecular complexity index is 828. The van der Waals surface area contributed by atoms with E-state index in [2.05, 4.69) is 0 Å². The molecule has 24 heavy (non-hydrogen) atoms. The van der Waals surface area contributed by atoms with Crippen molar-refractivity contribution >= 4 is 21.7 Å². The molecule has 1 saturated heterocycles. The number of carbonyl (C=O) groups excluding carboxylic acids is 1. The van der Waals surface area contributed by atoms with Crippen LogP contribution in [0, 0.1) is 0 Å². The first-order valence-electron chi connectivity index (χ1n) is 7.48. The van der Waals surface area contributed by atoms with Crippen LogP contribution in [0.5, 0.6) is 11.5 Å². The summed E-state index contributed by atoms with van der Waals surface area (Å²) in [6.45, 7) is 0.660. The minimum Gasteiger partial charge on any atom is -0.497 e. The van der Waals surface area contributed by atoms with Crippen LogP contribution in [0.3, 0.4) is 0 Å². The van der Waals surface area contributed by atoms with E-state index in [4.69, 9.17) is 8.92 Å². The quantitative estimate of drug-likeness (QED) is 0.777. The predicted molar refractivity (Wildman–Crippen MR) is 88.8 cm³/mol. The smallest absolute Gasteiger partial charge is 0.339 e. The molecule has 0 unspecified atom stereocenters. The lowest BCUT2D eigenvalue weighted by molar-refractivity contribution is -0.117. The molecule has 1 aliphatic rings. The highest BCUT2D eigenvalue weighted by atomic mass is 32.2. The zero-order valence-electron chi connectivity index (χ0n) is 13.1. The van der Waals surface area contributed by atoms with Gasteiger partial charge in [0.1, 0.15) is 16.4 Å². The molecule has 0 spiro atoms. The number of hydrogen-bond acceptors (Lipinski definition) is 5. The van der Waals surface area contributed by atoms with Crippen LogP contribution in [0.2, 0.25) is 0 Å². The molecule has 0 aromatic heterocycles. The van der Waals surface area contributed by atoms with Gasteiger partial charge in [0, 0.05) is 18.7 Å². The molecule has 0 aliphatic carbocycles. The third-order valence-electron chi connectivity index (χ3n) is 3.78. The van der Waals surface area contributed by atoms with Crippen molar-refractivity contribution in [2.75, 3.05) is 18.6 Å². The van der Waals surface area contributed by atoms with Crippen LogP contribution in [0.1, 0.15) is 12.8 Å². The summed E-state index contributed by atoms with van der Waals surface area (Å²) < 4.78 is 34.8. The van der Waals surface area contributed by atoms with Gasteiger partial charge < -0.3 is 13.8 Å². The Hall–Kier alpha value is -2.54. The minimum atomic E-state index is -3.93. The van der Waals surface area contributed by atoms with Crippen LogP contribution in [0.4, 0.5) is 5.69 Å². The van der Waals surface area contributed by atoms with Gasteiger partial charge in [0.2, 0.25) is 5.91 Å². The molecule has 1 amide bonds. The second-order valence-electron chi connectivity index (χ2n) is 5.36. The van der Waals surface area contributed by atoms with Crippen molar-refractivity contribution in [3.63, 3.8) is 0 Å². The summed E-state index contributed by atoms with van der Waals surface area (Å²) in [4.78, 5) is 13.4. The van der Waals surface area contributed by atoms with Crippen molar-refractivity contribution in [2.45, 2.75) is 17.7 Å². The van der Waals surface area contributed by atoms with Gasteiger partial charge in [0.15, 0.2) is 0 Å². The molecule has 0 radical (unpaired) electrons. The average molecular weight is 347 g/mol. The Balaban J connectivity index is 1.77. The number of ether oxygens (including phenoxy) is 1. The Kier molecular flexibility index (Phi) is 4.44. The maximum Gasteiger partial charge on any atom is 0.339 e. The molecule has 126 valence electrons. The van der Waals surface area contributed by atoms with Gasteiger partial charge in [-0.1, -0.05) is 0 Å². The molecular weight excluding hydrogens is 330 g/mol. The third kappa shape index (κ3) is 3.35. The summed E-state index contributed by atoms with van der Waals surface area (Å²) in [6.07, 6.45) is 1.35. The van der Waals surface area contributed by atoms with Crippen molar-refractivity contribution in [1.82, 2.24) is 0 Å². The van der Waals surface area contributed by atoms with Gasteiger partial charge in [-0.15, -0.1) is 0 Å². The highest BCUT2D eigenvalue weighted by Gasteiger charge is 2.23. The number of anilines is 1. The van der Waals surface area contributed by atoms with E-state index in [0.717, 1.165) is 6.42 Å². The standard InChI is InChI=1S/C17H17NO5S/c1-22-14-6-8-15(9-7-14)23-24(20,21)16-10-4-13(5-11-16)18-12-2-3-17(18)19/h4-11H,2-3,12H2,1H3. The van der Waals surface area contributed by atoms with Gasteiger partial charge in [0.25, 0.3) is 0 Å². The summed E-state index contributed by atoms with van der Waals surface area (Å²) >= 11 is 0. The van der Waals surface area contributed by atoms with Crippen molar-refractivity contribution in [3.8, 4) is 11.5 Å². The second kappa shape index (κ2) is 6.52. The normalized spacial score (nSPS) is 14.7. The molecule has 0 bridgehead atoms. The number of rotatable bonds is 5. The van der Waals surface area contributed by atoms with E-state index < -0.39 is 10.1 Å². The fraction of sp³-hybridized carbons (Fsp3) is 0.235. The second-order valence-corrected chi connectivity index (χ2v) is 6.90. The zero-order chi connectivity index (χ0) is 17.2. The number of nitrogens with zero attached hydrogens (tertiary/aromatic N) is 1. The maximum atomic E-state index is 12.3. The van der Waals surface area contributed by atoms with Gasteiger partial charge in [-0.2, -0.15) is 8.42 Å². The Morgan fingerprint density at radius 3 is 2.12 bits per heavy atom. The summed E-state index contributed by atoms with van der Waals surface area (Å²) in [5.74, 6) is 0.870. The molecule has 1 heterocycles. The van der Waals surface area contributed by atoms with Crippen LogP contribution in [-0.2, 0) is 14.9 Å². The highest BCUT2D eigenvalue weighted by Crippen LogP contribution is 2.25. The van der Waals surface area contributed by atoms with E-state index in [1.807, 2.05) is 0 Å². The first-order chi connectivity index (χ1) is 11.5. The number of amides is 1. The molecule has 1 aliphatic heterocycles. The molecule has 3 rings (SSSR count). The van der Waals surface area contributed by atoms with Crippen LogP contribution in [0.25, 0.3) is 0 Å². The van der Waals surface area contributed by atoms with Crippen molar-refractivity contribution in [3.05, 3.63) is 48.5 Å². The molecule has 0 atom stereocenters. The monoisotopic (exact) mass is 347 g/mol. The molecule has 2 aromatic carbocycles. The highest BCUT2D eigenvalue weighted by molar-refractivity contribution is 7.87. The van der Waals surface area contributed by atoms with E-state index in [1.165, 1.54) is 31.4 Å². The number of hydrogen-bond donors (Lipinski definition) is 0. The van der Waals surface area contributed by atoms with E-state index in [9.17, 15) is 13.2 Å². The van der Waals surface area contributed by atoms with E-state index >= 15 is 0 Å². The third-order valence-corrected chi connectivity index (χ3v) is 5.04. The van der Waals surface area contributed by atoms with Crippen LogP contribution < -0.4 is 13.8 Å². The van der Waals surface area contributed by atoms with Gasteiger partial charge in [-0.05, 0) is 55.0 Å². The maximum absolute atomic E-state index is 12.3. The van der Waals surface area contributed by atoms with Crippen molar-refractivity contribution < 1.29 is 22.1 Å². The molecule has 2 aromatic rings. The Morgan fingerprint density at radius 2 is 1.58 bits per heavy atom. The van der Waals surface area contributed by atoms with E-state index in [1.54, 1.807) is 29.2 Å². The van der Waals surface area contributed by atoms with Crippen molar-refractivity contribution in [1.29, 1.82) is 0 Å². The van der Waals surface area contributed by atoms with Crippen LogP contribution in [0.15, 0.2) is 53.4 Å². The molecular formula is C17H17NO5S. The minimum absolute atomic E-state index is 0.0358. The molecule has 6 nitrogen and oxygen atoms in total. The lowest BCUT2D eigenvalue weighted by Crippen LogP contribution is -2.23. The van der Waals surface area contributed by atoms with E-state index in [-0.39, 0.29) is 16.6 Å². The number of methoxy groups -OCH3 is 1. The Labute approximate surface area is 140 Å². The number of carbonyl (C=O) groups is 1. The summed E-state index contributed by atoms with van der Waals surface area (Å²) in [5.41, 5.74) is 0.695. The first kappa shape index (κ1) is 16.3. The molecule has 7 heteroatoms.